The van der Waals surface area contributed by atoms with Gasteiger partial charge in [-0.2, -0.15) is 0 Å². The lowest BCUT2D eigenvalue weighted by Gasteiger charge is -2.36. The Morgan fingerprint density at radius 3 is 2.61 bits per heavy atom. The number of aliphatic imine (C=N–C) groups is 1. The van der Waals surface area contributed by atoms with E-state index in [0.29, 0.717) is 13.2 Å². The van der Waals surface area contributed by atoms with Gasteiger partial charge in [0.15, 0.2) is 5.96 Å². The van der Waals surface area contributed by atoms with Crippen LogP contribution in [0.2, 0.25) is 0 Å². The molecule has 0 aliphatic carbocycles. The lowest BCUT2D eigenvalue weighted by atomic mass is 9.89. The van der Waals surface area contributed by atoms with E-state index in [1.165, 1.54) is 5.56 Å². The number of ether oxygens (including phenoxy) is 2. The van der Waals surface area contributed by atoms with E-state index in [1.807, 2.05) is 18.2 Å². The van der Waals surface area contributed by atoms with Crippen molar-refractivity contribution in [2.45, 2.75) is 20.5 Å². The van der Waals surface area contributed by atoms with Crippen LogP contribution in [0.4, 0.5) is 0 Å². The molecule has 1 aromatic carbocycles. The number of guanidine groups is 1. The number of hydrogen-bond acceptors (Lipinski definition) is 3. The molecule has 0 saturated carbocycles. The van der Waals surface area contributed by atoms with Crippen LogP contribution in [0.25, 0.3) is 0 Å². The fourth-order valence-electron chi connectivity index (χ4n) is 2.16. The van der Waals surface area contributed by atoms with Crippen LogP contribution in [0.3, 0.4) is 0 Å². The summed E-state index contributed by atoms with van der Waals surface area (Å²) in [6, 6.07) is 10.2. The van der Waals surface area contributed by atoms with Gasteiger partial charge in [0.05, 0.1) is 33.0 Å². The molecule has 1 aromatic rings. The van der Waals surface area contributed by atoms with Crippen LogP contribution in [0.1, 0.15) is 19.4 Å². The maximum atomic E-state index is 5.66. The molecule has 23 heavy (non-hydrogen) atoms. The molecule has 0 radical (unpaired) electrons. The van der Waals surface area contributed by atoms with E-state index in [2.05, 4.69) is 41.6 Å². The molecule has 1 aliphatic heterocycles. The van der Waals surface area contributed by atoms with Crippen molar-refractivity contribution in [2.75, 3.05) is 39.5 Å². The molecule has 1 fully saturated rings. The molecule has 0 amide bonds. The summed E-state index contributed by atoms with van der Waals surface area (Å²) in [6.45, 7) is 9.55. The average molecular weight is 433 g/mol. The third-order valence-corrected chi connectivity index (χ3v) is 3.51. The van der Waals surface area contributed by atoms with Crippen molar-refractivity contribution in [2.24, 2.45) is 10.4 Å². The molecule has 1 heterocycles. The van der Waals surface area contributed by atoms with Gasteiger partial charge >= 0.3 is 0 Å². The number of nitrogens with one attached hydrogen (secondary N) is 2. The van der Waals surface area contributed by atoms with E-state index in [1.54, 1.807) is 0 Å². The lowest BCUT2D eigenvalue weighted by Crippen LogP contribution is -2.44. The van der Waals surface area contributed by atoms with Crippen molar-refractivity contribution >= 4 is 29.9 Å². The second-order valence-electron chi connectivity index (χ2n) is 5.96. The molecular weight excluding hydrogens is 405 g/mol. The number of benzene rings is 1. The largest absolute Gasteiger partial charge is 0.380 e. The quantitative estimate of drug-likeness (QED) is 0.286. The van der Waals surface area contributed by atoms with Crippen LogP contribution in [-0.4, -0.2) is 45.4 Å². The lowest BCUT2D eigenvalue weighted by molar-refractivity contribution is -0.0945. The second kappa shape index (κ2) is 10.8. The van der Waals surface area contributed by atoms with Crippen molar-refractivity contribution in [1.29, 1.82) is 0 Å². The van der Waals surface area contributed by atoms with Crippen LogP contribution in [0.15, 0.2) is 35.3 Å². The molecule has 2 N–H and O–H groups in total. The molecule has 0 unspecified atom stereocenters. The average Bonchev–Trinajstić information content (AvgIpc) is 2.51. The van der Waals surface area contributed by atoms with E-state index in [9.17, 15) is 0 Å². The molecule has 2 rings (SSSR count). The highest BCUT2D eigenvalue weighted by Crippen LogP contribution is 2.26. The van der Waals surface area contributed by atoms with Crippen LogP contribution < -0.4 is 10.6 Å². The Balaban J connectivity index is 0.00000264. The van der Waals surface area contributed by atoms with Crippen molar-refractivity contribution in [3.63, 3.8) is 0 Å². The third kappa shape index (κ3) is 7.50. The zero-order valence-electron chi connectivity index (χ0n) is 14.0. The minimum atomic E-state index is 0. The normalized spacial score (nSPS) is 16.2. The number of hydrogen-bond donors (Lipinski definition) is 2. The molecule has 1 saturated heterocycles. The van der Waals surface area contributed by atoms with Gasteiger partial charge < -0.3 is 20.1 Å². The molecule has 5 nitrogen and oxygen atoms in total. The Bertz CT molecular complexity index is 464. The predicted octanol–water partition coefficient (Wildman–Crippen LogP) is 2.41. The van der Waals surface area contributed by atoms with Crippen molar-refractivity contribution in [3.05, 3.63) is 35.9 Å². The third-order valence-electron chi connectivity index (χ3n) is 3.51. The Hall–Kier alpha value is -0.860. The summed E-state index contributed by atoms with van der Waals surface area (Å²) in [5.41, 5.74) is 1.40. The summed E-state index contributed by atoms with van der Waals surface area (Å²) < 4.78 is 10.9. The number of nitrogens with zero attached hydrogens (tertiary/aromatic N) is 1. The van der Waals surface area contributed by atoms with E-state index in [0.717, 1.165) is 38.8 Å². The molecule has 0 spiro atoms. The van der Waals surface area contributed by atoms with Crippen LogP contribution in [0, 0.1) is 5.41 Å². The number of halogens is 1. The highest BCUT2D eigenvalue weighted by Gasteiger charge is 2.33. The first-order chi connectivity index (χ1) is 10.7. The van der Waals surface area contributed by atoms with Gasteiger partial charge in [-0.1, -0.05) is 37.3 Å². The Kier molecular flexibility index (Phi) is 9.50. The topological polar surface area (TPSA) is 54.9 Å². The van der Waals surface area contributed by atoms with Gasteiger partial charge in [0, 0.05) is 18.5 Å². The Morgan fingerprint density at radius 1 is 1.26 bits per heavy atom. The summed E-state index contributed by atoms with van der Waals surface area (Å²) in [4.78, 5) is 4.62. The van der Waals surface area contributed by atoms with Crippen molar-refractivity contribution < 1.29 is 9.47 Å². The summed E-state index contributed by atoms with van der Waals surface area (Å²) in [6.07, 6.45) is 0. The SMILES string of the molecule is CCNC(=NCC1(C)COC1)NCCOCc1ccccc1.I. The van der Waals surface area contributed by atoms with Gasteiger partial charge in [-0.15, -0.1) is 24.0 Å². The fraction of sp³-hybridized carbons (Fsp3) is 0.588. The Labute approximate surface area is 156 Å². The van der Waals surface area contributed by atoms with Crippen molar-refractivity contribution in [3.8, 4) is 0 Å². The molecule has 1 aliphatic rings. The highest BCUT2D eigenvalue weighted by atomic mass is 127. The van der Waals surface area contributed by atoms with Gasteiger partial charge in [-0.05, 0) is 12.5 Å². The molecule has 130 valence electrons. The van der Waals surface area contributed by atoms with E-state index in [4.69, 9.17) is 9.47 Å². The van der Waals surface area contributed by atoms with Crippen molar-refractivity contribution in [1.82, 2.24) is 10.6 Å². The molecule has 0 aromatic heterocycles. The summed E-state index contributed by atoms with van der Waals surface area (Å²) in [5.74, 6) is 0.846. The van der Waals surface area contributed by atoms with Gasteiger partial charge in [0.1, 0.15) is 0 Å². The maximum absolute atomic E-state index is 5.66. The van der Waals surface area contributed by atoms with E-state index in [-0.39, 0.29) is 29.4 Å². The minimum Gasteiger partial charge on any atom is -0.380 e. The molecule has 0 atom stereocenters. The zero-order chi connectivity index (χ0) is 15.7. The summed E-state index contributed by atoms with van der Waals surface area (Å²) >= 11 is 0. The predicted molar refractivity (Wildman–Crippen MR) is 104 cm³/mol. The first-order valence-electron chi connectivity index (χ1n) is 7.93. The standard InChI is InChI=1S/C17H27N3O2.HI/c1-3-18-16(20-12-17(2)13-22-14-17)19-9-10-21-11-15-7-5-4-6-8-15;/h4-8H,3,9-14H2,1-2H3,(H2,18,19,20);1H. The van der Waals surface area contributed by atoms with E-state index < -0.39 is 0 Å². The fourth-order valence-corrected chi connectivity index (χ4v) is 2.16. The molecular formula is C17H28IN3O2. The van der Waals surface area contributed by atoms with Gasteiger partial charge in [-0.3, -0.25) is 4.99 Å². The van der Waals surface area contributed by atoms with Gasteiger partial charge in [0.2, 0.25) is 0 Å². The smallest absolute Gasteiger partial charge is 0.191 e. The maximum Gasteiger partial charge on any atom is 0.191 e. The molecule has 6 heteroatoms. The monoisotopic (exact) mass is 433 g/mol. The minimum absolute atomic E-state index is 0. The van der Waals surface area contributed by atoms with Gasteiger partial charge in [-0.25, -0.2) is 0 Å². The van der Waals surface area contributed by atoms with Crippen LogP contribution in [0.5, 0.6) is 0 Å². The van der Waals surface area contributed by atoms with Gasteiger partial charge in [0.25, 0.3) is 0 Å². The summed E-state index contributed by atoms with van der Waals surface area (Å²) in [7, 11) is 0. The van der Waals surface area contributed by atoms with Crippen LogP contribution >= 0.6 is 24.0 Å². The van der Waals surface area contributed by atoms with Crippen LogP contribution in [-0.2, 0) is 16.1 Å². The second-order valence-corrected chi connectivity index (χ2v) is 5.96. The van der Waals surface area contributed by atoms with E-state index >= 15 is 0 Å². The zero-order valence-corrected chi connectivity index (χ0v) is 16.3. The first-order valence-corrected chi connectivity index (χ1v) is 7.93. The molecule has 0 bridgehead atoms. The number of rotatable bonds is 8. The highest BCUT2D eigenvalue weighted by molar-refractivity contribution is 14.0. The first kappa shape index (κ1) is 20.2. The summed E-state index contributed by atoms with van der Waals surface area (Å²) in [5, 5.41) is 6.56. The Morgan fingerprint density at radius 2 is 2.00 bits per heavy atom.